The Morgan fingerprint density at radius 3 is 2.61 bits per heavy atom. The van der Waals surface area contributed by atoms with Gasteiger partial charge < -0.3 is 14.7 Å². The summed E-state index contributed by atoms with van der Waals surface area (Å²) in [7, 11) is 3.08. The number of phenolic OH excluding ortho intramolecular Hbond substituents is 1. The molecule has 0 aliphatic carbocycles. The molecule has 1 aromatic carbocycles. The molecule has 2 aromatic rings. The van der Waals surface area contributed by atoms with Crippen LogP contribution in [0.2, 0.25) is 0 Å². The van der Waals surface area contributed by atoms with Crippen LogP contribution in [0, 0.1) is 11.6 Å². The average molecular weight is 342 g/mol. The van der Waals surface area contributed by atoms with Gasteiger partial charge in [0.25, 0.3) is 5.91 Å². The predicted octanol–water partition coefficient (Wildman–Crippen LogP) is 3.11. The fourth-order valence-electron chi connectivity index (χ4n) is 1.91. The first-order chi connectivity index (χ1) is 10.8. The molecule has 0 radical (unpaired) electrons. The second kappa shape index (κ2) is 7.01. The quantitative estimate of drug-likeness (QED) is 0.907. The summed E-state index contributed by atoms with van der Waals surface area (Å²) < 4.78 is 31.8. The second-order valence-electron chi connectivity index (χ2n) is 5.00. The van der Waals surface area contributed by atoms with E-state index in [0.717, 1.165) is 17.1 Å². The van der Waals surface area contributed by atoms with Crippen LogP contribution >= 0.6 is 11.3 Å². The molecule has 8 heteroatoms. The fourth-order valence-corrected chi connectivity index (χ4v) is 2.75. The Bertz CT molecular complexity index is 697. The van der Waals surface area contributed by atoms with Gasteiger partial charge in [-0.05, 0) is 19.1 Å². The van der Waals surface area contributed by atoms with Gasteiger partial charge in [0, 0.05) is 25.1 Å². The smallest absolute Gasteiger partial charge is 0.254 e. The minimum atomic E-state index is -1.17. The van der Waals surface area contributed by atoms with Crippen molar-refractivity contribution in [3.8, 4) is 5.75 Å². The molecule has 0 unspecified atom stereocenters. The highest BCUT2D eigenvalue weighted by Crippen LogP contribution is 2.23. The van der Waals surface area contributed by atoms with Gasteiger partial charge >= 0.3 is 0 Å². The zero-order valence-electron chi connectivity index (χ0n) is 12.8. The molecule has 124 valence electrons. The lowest BCUT2D eigenvalue weighted by molar-refractivity contribution is 0.0782. The van der Waals surface area contributed by atoms with Crippen molar-refractivity contribution in [1.29, 1.82) is 0 Å². The summed E-state index contributed by atoms with van der Waals surface area (Å²) in [5.41, 5.74) is 0.477. The molecule has 0 aliphatic rings. The number of halogens is 2. The Morgan fingerprint density at radius 2 is 2.04 bits per heavy atom. The van der Waals surface area contributed by atoms with E-state index < -0.39 is 23.3 Å². The average Bonchev–Trinajstić information content (AvgIpc) is 2.98. The van der Waals surface area contributed by atoms with Crippen molar-refractivity contribution in [2.24, 2.45) is 0 Å². The van der Waals surface area contributed by atoms with Gasteiger partial charge in [-0.3, -0.25) is 4.79 Å². The van der Waals surface area contributed by atoms with E-state index in [4.69, 9.17) is 9.84 Å². The van der Waals surface area contributed by atoms with Crippen LogP contribution in [0.3, 0.4) is 0 Å². The minimum Gasteiger partial charge on any atom is -0.503 e. The Morgan fingerprint density at radius 1 is 1.43 bits per heavy atom. The van der Waals surface area contributed by atoms with E-state index in [-0.39, 0.29) is 18.2 Å². The largest absolute Gasteiger partial charge is 0.503 e. The van der Waals surface area contributed by atoms with Crippen molar-refractivity contribution in [2.75, 3.05) is 14.2 Å². The maximum atomic E-state index is 13.3. The SMILES string of the molecule is CO[C@@H](C)c1nc(CN(C)C(=O)c2cc(F)c(O)c(F)c2)cs1. The predicted molar refractivity (Wildman–Crippen MR) is 81.4 cm³/mol. The van der Waals surface area contributed by atoms with Gasteiger partial charge in [-0.15, -0.1) is 11.3 Å². The molecule has 0 fully saturated rings. The summed E-state index contributed by atoms with van der Waals surface area (Å²) in [5, 5.41) is 11.6. The molecular weight excluding hydrogens is 326 g/mol. The first-order valence-corrected chi connectivity index (χ1v) is 7.62. The molecule has 0 saturated heterocycles. The number of amides is 1. The molecule has 1 amide bonds. The number of thiazole rings is 1. The Labute approximate surface area is 136 Å². The Kier molecular flexibility index (Phi) is 5.27. The number of rotatable bonds is 5. The molecule has 1 heterocycles. The molecule has 1 atom stereocenters. The van der Waals surface area contributed by atoms with Crippen molar-refractivity contribution >= 4 is 17.2 Å². The number of hydrogen-bond donors (Lipinski definition) is 1. The molecule has 0 aliphatic heterocycles. The first kappa shape index (κ1) is 17.3. The standard InChI is InChI=1S/C15H16F2N2O3S/c1-8(22-3)14-18-10(7-23-14)6-19(2)15(21)9-4-11(16)13(20)12(17)5-9/h4-5,7-8,20H,6H2,1-3H3/t8-/m0/s1. The van der Waals surface area contributed by atoms with Gasteiger partial charge in [-0.2, -0.15) is 0 Å². The number of aromatic nitrogens is 1. The minimum absolute atomic E-state index is 0.143. The number of phenols is 1. The van der Waals surface area contributed by atoms with Crippen LogP contribution in [0.25, 0.3) is 0 Å². The van der Waals surface area contributed by atoms with E-state index >= 15 is 0 Å². The molecule has 2 rings (SSSR count). The van der Waals surface area contributed by atoms with Gasteiger partial charge in [0.2, 0.25) is 0 Å². The highest BCUT2D eigenvalue weighted by atomic mass is 32.1. The van der Waals surface area contributed by atoms with Crippen molar-refractivity contribution in [3.05, 3.63) is 45.4 Å². The third-order valence-electron chi connectivity index (χ3n) is 3.28. The van der Waals surface area contributed by atoms with Crippen molar-refractivity contribution < 1.29 is 23.4 Å². The summed E-state index contributed by atoms with van der Waals surface area (Å²) >= 11 is 1.41. The van der Waals surface area contributed by atoms with Crippen LogP contribution in [0.15, 0.2) is 17.5 Å². The Balaban J connectivity index is 2.12. The second-order valence-corrected chi connectivity index (χ2v) is 5.89. The summed E-state index contributed by atoms with van der Waals surface area (Å²) in [6, 6.07) is 1.60. The maximum absolute atomic E-state index is 13.3. The molecule has 23 heavy (non-hydrogen) atoms. The topological polar surface area (TPSA) is 62.7 Å². The van der Waals surface area contributed by atoms with E-state index in [9.17, 15) is 13.6 Å². The Hall–Kier alpha value is -2.06. The van der Waals surface area contributed by atoms with Crippen LogP contribution < -0.4 is 0 Å². The molecule has 1 N–H and O–H groups in total. The first-order valence-electron chi connectivity index (χ1n) is 6.74. The van der Waals surface area contributed by atoms with Crippen LogP contribution in [-0.4, -0.2) is 35.1 Å². The number of benzene rings is 1. The van der Waals surface area contributed by atoms with E-state index in [2.05, 4.69) is 4.98 Å². The van der Waals surface area contributed by atoms with Crippen molar-refractivity contribution in [3.63, 3.8) is 0 Å². The van der Waals surface area contributed by atoms with Gasteiger partial charge in [0.15, 0.2) is 17.4 Å². The molecule has 5 nitrogen and oxygen atoms in total. The fraction of sp³-hybridized carbons (Fsp3) is 0.333. The van der Waals surface area contributed by atoms with Gasteiger partial charge in [-0.1, -0.05) is 0 Å². The van der Waals surface area contributed by atoms with E-state index in [1.807, 2.05) is 6.92 Å². The monoisotopic (exact) mass is 342 g/mol. The molecule has 0 spiro atoms. The van der Waals surface area contributed by atoms with Crippen molar-refractivity contribution in [1.82, 2.24) is 9.88 Å². The van der Waals surface area contributed by atoms with Gasteiger partial charge in [0.1, 0.15) is 11.1 Å². The molecule has 0 bridgehead atoms. The molecular formula is C15H16F2N2O3S. The zero-order chi connectivity index (χ0) is 17.1. The highest BCUT2D eigenvalue weighted by Gasteiger charge is 2.19. The van der Waals surface area contributed by atoms with Crippen LogP contribution in [0.4, 0.5) is 8.78 Å². The summed E-state index contributed by atoms with van der Waals surface area (Å²) in [4.78, 5) is 17.9. The number of nitrogens with zero attached hydrogens (tertiary/aromatic N) is 2. The lowest BCUT2D eigenvalue weighted by Crippen LogP contribution is -2.26. The highest BCUT2D eigenvalue weighted by molar-refractivity contribution is 7.09. The van der Waals surface area contributed by atoms with Gasteiger partial charge in [-0.25, -0.2) is 13.8 Å². The van der Waals surface area contributed by atoms with E-state index in [1.54, 1.807) is 12.5 Å². The third kappa shape index (κ3) is 3.83. The lowest BCUT2D eigenvalue weighted by atomic mass is 10.1. The number of aromatic hydroxyl groups is 1. The number of carbonyl (C=O) groups excluding carboxylic acids is 1. The molecule has 0 saturated carbocycles. The van der Waals surface area contributed by atoms with Crippen molar-refractivity contribution in [2.45, 2.75) is 19.6 Å². The van der Waals surface area contributed by atoms with E-state index in [0.29, 0.717) is 5.69 Å². The number of methoxy groups -OCH3 is 1. The van der Waals surface area contributed by atoms with Crippen LogP contribution in [0.5, 0.6) is 5.75 Å². The number of carbonyl (C=O) groups is 1. The third-order valence-corrected chi connectivity index (χ3v) is 4.34. The summed E-state index contributed by atoms with van der Waals surface area (Å²) in [5.74, 6) is -4.02. The summed E-state index contributed by atoms with van der Waals surface area (Å²) in [6.07, 6.45) is -0.143. The van der Waals surface area contributed by atoms with E-state index in [1.165, 1.54) is 23.3 Å². The van der Waals surface area contributed by atoms with Crippen LogP contribution in [-0.2, 0) is 11.3 Å². The number of ether oxygens (including phenoxy) is 1. The normalized spacial score (nSPS) is 12.2. The molecule has 1 aromatic heterocycles. The van der Waals surface area contributed by atoms with Crippen LogP contribution in [0.1, 0.15) is 34.1 Å². The lowest BCUT2D eigenvalue weighted by Gasteiger charge is -2.16. The zero-order valence-corrected chi connectivity index (χ0v) is 13.7. The summed E-state index contributed by atoms with van der Waals surface area (Å²) in [6.45, 7) is 2.05. The number of hydrogen-bond acceptors (Lipinski definition) is 5. The maximum Gasteiger partial charge on any atom is 0.254 e. The van der Waals surface area contributed by atoms with Gasteiger partial charge in [0.05, 0.1) is 12.2 Å².